The lowest BCUT2D eigenvalue weighted by molar-refractivity contribution is -0.00000510. The molecule has 0 atom stereocenters. The van der Waals surface area contributed by atoms with E-state index in [1.165, 1.54) is 0 Å². The van der Waals surface area contributed by atoms with Crippen LogP contribution in [0.15, 0.2) is 72.8 Å². The van der Waals surface area contributed by atoms with E-state index in [9.17, 15) is 0 Å². The van der Waals surface area contributed by atoms with Gasteiger partial charge in [0, 0.05) is 26.6 Å². The van der Waals surface area contributed by atoms with Crippen molar-refractivity contribution in [1.82, 2.24) is 4.98 Å². The molecule has 4 aromatic rings. The van der Waals surface area contributed by atoms with Crippen molar-refractivity contribution in [2.24, 2.45) is 0 Å². The molecule has 0 N–H and O–H groups in total. The van der Waals surface area contributed by atoms with Crippen LogP contribution >= 0.6 is 23.2 Å². The highest BCUT2D eigenvalue weighted by Gasteiger charge is 2.12. The Hall–Kier alpha value is -2.57. The average molecular weight is 411 g/mol. The van der Waals surface area contributed by atoms with Crippen LogP contribution in [0.3, 0.4) is 0 Å². The summed E-state index contributed by atoms with van der Waals surface area (Å²) >= 11 is 12.7. The highest BCUT2D eigenvalue weighted by molar-refractivity contribution is 6.34. The highest BCUT2D eigenvalue weighted by Crippen LogP contribution is 2.36. The third-order valence-corrected chi connectivity index (χ3v) is 4.81. The fourth-order valence-electron chi connectivity index (χ4n) is 2.96. The number of rotatable bonds is 2. The lowest BCUT2D eigenvalue weighted by atomic mass is 9.98. The zero-order valence-corrected chi connectivity index (χ0v) is 16.2. The molecule has 0 saturated heterocycles. The fraction of sp³-hybridized carbons (Fsp3) is 0. The van der Waals surface area contributed by atoms with E-state index < -0.39 is 0 Å². The van der Waals surface area contributed by atoms with Gasteiger partial charge in [-0.15, -0.1) is 0 Å². The molecule has 5 heteroatoms. The quantitative estimate of drug-likeness (QED) is 0.505. The molecular formula is C22H12Cl3N2-. The fourth-order valence-corrected chi connectivity index (χ4v) is 3.37. The molecule has 1 aromatic heterocycles. The van der Waals surface area contributed by atoms with Gasteiger partial charge in [-0.05, 0) is 48.0 Å². The Balaban J connectivity index is 0.00000210. The number of pyridine rings is 1. The van der Waals surface area contributed by atoms with Crippen LogP contribution < -0.4 is 12.4 Å². The van der Waals surface area contributed by atoms with Gasteiger partial charge in [0.05, 0.1) is 22.8 Å². The smallest absolute Gasteiger partial charge is 0.0991 e. The molecule has 132 valence electrons. The molecule has 0 saturated carbocycles. The predicted octanol–water partition coefficient (Wildman–Crippen LogP) is 3.75. The average Bonchev–Trinajstić information content (AvgIpc) is 2.68. The third kappa shape index (κ3) is 3.77. The zero-order chi connectivity index (χ0) is 18.1. The maximum Gasteiger partial charge on any atom is 0.0991 e. The molecule has 0 aliphatic rings. The first-order chi connectivity index (χ1) is 12.7. The predicted molar refractivity (Wildman–Crippen MR) is 107 cm³/mol. The van der Waals surface area contributed by atoms with Gasteiger partial charge < -0.3 is 12.4 Å². The molecule has 0 aliphatic heterocycles. The number of aromatic nitrogens is 1. The number of hydrogen-bond acceptors (Lipinski definition) is 2. The first kappa shape index (κ1) is 19.2. The van der Waals surface area contributed by atoms with Crippen molar-refractivity contribution in [3.8, 4) is 28.5 Å². The van der Waals surface area contributed by atoms with Crippen LogP contribution in [0.2, 0.25) is 10.0 Å². The minimum absolute atomic E-state index is 0. The summed E-state index contributed by atoms with van der Waals surface area (Å²) in [5, 5.41) is 11.3. The van der Waals surface area contributed by atoms with Crippen molar-refractivity contribution >= 4 is 34.1 Å². The topological polar surface area (TPSA) is 36.7 Å². The van der Waals surface area contributed by atoms with Crippen molar-refractivity contribution < 1.29 is 12.4 Å². The molecule has 27 heavy (non-hydrogen) atoms. The van der Waals surface area contributed by atoms with Crippen molar-refractivity contribution in [1.29, 1.82) is 5.26 Å². The number of nitriles is 1. The molecule has 2 nitrogen and oxygen atoms in total. The number of nitrogens with zero attached hydrogens (tertiary/aromatic N) is 2. The Kier molecular flexibility index (Phi) is 5.68. The SMILES string of the molecule is N#Cc1ccc(-c2cc(-c3ccccc3Cl)c3cc(Cl)ccc3n2)cc1.[Cl-]. The van der Waals surface area contributed by atoms with Crippen LogP contribution in [0.4, 0.5) is 0 Å². The van der Waals surface area contributed by atoms with Gasteiger partial charge in [0.25, 0.3) is 0 Å². The zero-order valence-electron chi connectivity index (χ0n) is 14.0. The monoisotopic (exact) mass is 409 g/mol. The Bertz CT molecular complexity index is 1160. The molecule has 0 unspecified atom stereocenters. The van der Waals surface area contributed by atoms with Crippen molar-refractivity contribution in [3.05, 3.63) is 88.4 Å². The van der Waals surface area contributed by atoms with Gasteiger partial charge in [-0.2, -0.15) is 5.26 Å². The minimum Gasteiger partial charge on any atom is -1.00 e. The summed E-state index contributed by atoms with van der Waals surface area (Å²) in [5.41, 5.74) is 5.12. The van der Waals surface area contributed by atoms with Crippen LogP contribution in [0.1, 0.15) is 5.56 Å². The van der Waals surface area contributed by atoms with E-state index in [2.05, 4.69) is 6.07 Å². The molecule has 3 aromatic carbocycles. The summed E-state index contributed by atoms with van der Waals surface area (Å²) in [6, 6.07) is 24.9. The summed E-state index contributed by atoms with van der Waals surface area (Å²) < 4.78 is 0. The lowest BCUT2D eigenvalue weighted by Gasteiger charge is -2.12. The van der Waals surface area contributed by atoms with Crippen molar-refractivity contribution in [2.45, 2.75) is 0 Å². The van der Waals surface area contributed by atoms with Gasteiger partial charge in [0.2, 0.25) is 0 Å². The number of hydrogen-bond donors (Lipinski definition) is 0. The van der Waals surface area contributed by atoms with E-state index in [1.807, 2.05) is 60.7 Å². The molecule has 0 aliphatic carbocycles. The van der Waals surface area contributed by atoms with Crippen LogP contribution in [0.5, 0.6) is 0 Å². The van der Waals surface area contributed by atoms with Gasteiger partial charge in [-0.1, -0.05) is 53.5 Å². The second kappa shape index (κ2) is 7.98. The second-order valence-electron chi connectivity index (χ2n) is 5.89. The summed E-state index contributed by atoms with van der Waals surface area (Å²) in [7, 11) is 0. The number of fused-ring (bicyclic) bond motifs is 1. The van der Waals surface area contributed by atoms with E-state index in [0.717, 1.165) is 33.3 Å². The van der Waals surface area contributed by atoms with Crippen molar-refractivity contribution in [2.75, 3.05) is 0 Å². The maximum atomic E-state index is 9.00. The molecule has 4 rings (SSSR count). The van der Waals surface area contributed by atoms with E-state index in [0.29, 0.717) is 15.6 Å². The summed E-state index contributed by atoms with van der Waals surface area (Å²) in [4.78, 5) is 4.77. The van der Waals surface area contributed by atoms with E-state index in [1.54, 1.807) is 12.1 Å². The largest absolute Gasteiger partial charge is 1.00 e. The summed E-state index contributed by atoms with van der Waals surface area (Å²) in [6.45, 7) is 0. The van der Waals surface area contributed by atoms with E-state index in [4.69, 9.17) is 33.4 Å². The maximum absolute atomic E-state index is 9.00. The first-order valence-corrected chi connectivity index (χ1v) is 8.77. The summed E-state index contributed by atoms with van der Waals surface area (Å²) in [5.74, 6) is 0. The molecule has 0 amide bonds. The van der Waals surface area contributed by atoms with Gasteiger partial charge >= 0.3 is 0 Å². The van der Waals surface area contributed by atoms with Crippen LogP contribution in [-0.2, 0) is 0 Å². The van der Waals surface area contributed by atoms with Gasteiger partial charge in [-0.3, -0.25) is 0 Å². The standard InChI is InChI=1S/C22H12Cl2N2.ClH/c23-16-9-10-21-19(11-16)18(17-3-1-2-4-20(17)24)12-22(26-21)15-7-5-14(13-25)6-8-15;/h1-12H;1H/p-1. The van der Waals surface area contributed by atoms with Crippen LogP contribution in [0.25, 0.3) is 33.3 Å². The van der Waals surface area contributed by atoms with Crippen LogP contribution in [-0.4, -0.2) is 4.98 Å². The Labute approximate surface area is 173 Å². The lowest BCUT2D eigenvalue weighted by Crippen LogP contribution is -3.00. The van der Waals surface area contributed by atoms with Crippen LogP contribution in [0, 0.1) is 11.3 Å². The van der Waals surface area contributed by atoms with E-state index >= 15 is 0 Å². The van der Waals surface area contributed by atoms with E-state index in [-0.39, 0.29) is 12.4 Å². The summed E-state index contributed by atoms with van der Waals surface area (Å²) in [6.07, 6.45) is 0. The molecule has 1 heterocycles. The number of halogens is 3. The first-order valence-electron chi connectivity index (χ1n) is 8.01. The second-order valence-corrected chi connectivity index (χ2v) is 6.73. The Morgan fingerprint density at radius 3 is 2.26 bits per heavy atom. The molecule has 0 spiro atoms. The highest BCUT2D eigenvalue weighted by atomic mass is 35.5. The molecule has 0 bridgehead atoms. The van der Waals surface area contributed by atoms with Gasteiger partial charge in [0.15, 0.2) is 0 Å². The molecule has 0 radical (unpaired) electrons. The Morgan fingerprint density at radius 2 is 1.56 bits per heavy atom. The Morgan fingerprint density at radius 1 is 0.815 bits per heavy atom. The minimum atomic E-state index is 0. The number of benzene rings is 3. The molecule has 0 fully saturated rings. The normalized spacial score (nSPS) is 10.3. The van der Waals surface area contributed by atoms with Gasteiger partial charge in [-0.25, -0.2) is 4.98 Å². The van der Waals surface area contributed by atoms with Crippen molar-refractivity contribution in [3.63, 3.8) is 0 Å². The molecular weight excluding hydrogens is 399 g/mol. The third-order valence-electron chi connectivity index (χ3n) is 4.24. The van der Waals surface area contributed by atoms with Gasteiger partial charge in [0.1, 0.15) is 0 Å².